The maximum atomic E-state index is 4.52. The highest BCUT2D eigenvalue weighted by Gasteiger charge is 2.09. The molecule has 0 saturated heterocycles. The van der Waals surface area contributed by atoms with Gasteiger partial charge in [0.25, 0.3) is 0 Å². The number of anilines is 2. The second kappa shape index (κ2) is 6.30. The van der Waals surface area contributed by atoms with Gasteiger partial charge in [-0.1, -0.05) is 13.3 Å². The highest BCUT2D eigenvalue weighted by molar-refractivity contribution is 5.48. The maximum Gasteiger partial charge on any atom is 0.224 e. The Morgan fingerprint density at radius 2 is 2.12 bits per heavy atom. The summed E-state index contributed by atoms with van der Waals surface area (Å²) in [5.41, 5.74) is 1.14. The Balaban J connectivity index is 2.89. The standard InChI is InChI=1S/C12H22N4/c1-5-7-8-16(6-2)11-10(3)9-14-12(13-4)15-11/h9H,5-8H2,1-4H3,(H,13,14,15). The molecule has 4 nitrogen and oxygen atoms in total. The zero-order valence-electron chi connectivity index (χ0n) is 10.7. The minimum Gasteiger partial charge on any atom is -0.357 e. The Morgan fingerprint density at radius 1 is 1.38 bits per heavy atom. The van der Waals surface area contributed by atoms with Crippen molar-refractivity contribution in [2.24, 2.45) is 0 Å². The van der Waals surface area contributed by atoms with Crippen LogP contribution in [0.1, 0.15) is 32.3 Å². The lowest BCUT2D eigenvalue weighted by Crippen LogP contribution is -2.26. The Hall–Kier alpha value is -1.32. The molecular weight excluding hydrogens is 200 g/mol. The molecule has 0 atom stereocenters. The fourth-order valence-electron chi connectivity index (χ4n) is 1.64. The first-order valence-electron chi connectivity index (χ1n) is 5.99. The predicted octanol–water partition coefficient (Wildman–Crippen LogP) is 2.45. The molecule has 0 spiro atoms. The van der Waals surface area contributed by atoms with Crippen LogP contribution < -0.4 is 10.2 Å². The molecule has 1 aromatic rings. The fraction of sp³-hybridized carbons (Fsp3) is 0.667. The monoisotopic (exact) mass is 222 g/mol. The normalized spacial score (nSPS) is 10.2. The van der Waals surface area contributed by atoms with Crippen molar-refractivity contribution >= 4 is 11.8 Å². The topological polar surface area (TPSA) is 41.1 Å². The van der Waals surface area contributed by atoms with Crippen LogP contribution in [-0.2, 0) is 0 Å². The molecule has 0 radical (unpaired) electrons. The van der Waals surface area contributed by atoms with E-state index in [0.717, 1.165) is 24.5 Å². The van der Waals surface area contributed by atoms with Gasteiger partial charge in [-0.15, -0.1) is 0 Å². The van der Waals surface area contributed by atoms with Crippen molar-refractivity contribution < 1.29 is 0 Å². The van der Waals surface area contributed by atoms with E-state index < -0.39 is 0 Å². The number of hydrogen-bond donors (Lipinski definition) is 1. The van der Waals surface area contributed by atoms with Crippen molar-refractivity contribution in [2.75, 3.05) is 30.4 Å². The zero-order valence-corrected chi connectivity index (χ0v) is 10.7. The second-order valence-electron chi connectivity index (χ2n) is 3.88. The van der Waals surface area contributed by atoms with Crippen molar-refractivity contribution in [3.05, 3.63) is 11.8 Å². The van der Waals surface area contributed by atoms with Crippen molar-refractivity contribution in [3.8, 4) is 0 Å². The number of nitrogens with one attached hydrogen (secondary N) is 1. The van der Waals surface area contributed by atoms with Crippen molar-refractivity contribution in [3.63, 3.8) is 0 Å². The first-order valence-corrected chi connectivity index (χ1v) is 5.99. The van der Waals surface area contributed by atoms with Gasteiger partial charge in [-0.2, -0.15) is 4.98 Å². The van der Waals surface area contributed by atoms with Crippen LogP contribution in [0.15, 0.2) is 6.20 Å². The molecule has 1 heterocycles. The molecule has 0 saturated carbocycles. The average Bonchev–Trinajstić information content (AvgIpc) is 2.32. The Labute approximate surface area is 98.1 Å². The minimum absolute atomic E-state index is 0.690. The van der Waals surface area contributed by atoms with Crippen LogP contribution in [0, 0.1) is 6.92 Å². The van der Waals surface area contributed by atoms with Gasteiger partial charge in [0.1, 0.15) is 5.82 Å². The molecule has 0 aliphatic heterocycles. The minimum atomic E-state index is 0.690. The van der Waals surface area contributed by atoms with Crippen LogP contribution in [-0.4, -0.2) is 30.1 Å². The number of rotatable bonds is 6. The van der Waals surface area contributed by atoms with Crippen LogP contribution >= 0.6 is 0 Å². The zero-order chi connectivity index (χ0) is 12.0. The Kier molecular flexibility index (Phi) is 5.02. The Bertz CT molecular complexity index is 325. The van der Waals surface area contributed by atoms with E-state index in [2.05, 4.69) is 41.0 Å². The highest BCUT2D eigenvalue weighted by Crippen LogP contribution is 2.18. The van der Waals surface area contributed by atoms with Crippen molar-refractivity contribution in [1.29, 1.82) is 0 Å². The van der Waals surface area contributed by atoms with E-state index in [9.17, 15) is 0 Å². The van der Waals surface area contributed by atoms with Crippen molar-refractivity contribution in [2.45, 2.75) is 33.6 Å². The molecule has 1 N–H and O–H groups in total. The van der Waals surface area contributed by atoms with E-state index in [0.29, 0.717) is 5.95 Å². The summed E-state index contributed by atoms with van der Waals surface area (Å²) in [4.78, 5) is 11.0. The van der Waals surface area contributed by atoms with Crippen LogP contribution in [0.5, 0.6) is 0 Å². The lowest BCUT2D eigenvalue weighted by atomic mass is 10.2. The molecule has 4 heteroatoms. The van der Waals surface area contributed by atoms with E-state index in [1.807, 2.05) is 13.2 Å². The summed E-state index contributed by atoms with van der Waals surface area (Å²) >= 11 is 0. The van der Waals surface area contributed by atoms with Crippen molar-refractivity contribution in [1.82, 2.24) is 9.97 Å². The van der Waals surface area contributed by atoms with Gasteiger partial charge in [-0.3, -0.25) is 0 Å². The molecule has 0 unspecified atom stereocenters. The predicted molar refractivity (Wildman–Crippen MR) is 69.1 cm³/mol. The highest BCUT2D eigenvalue weighted by atomic mass is 15.2. The Morgan fingerprint density at radius 3 is 2.69 bits per heavy atom. The molecule has 0 aliphatic carbocycles. The van der Waals surface area contributed by atoms with Gasteiger partial charge in [-0.05, 0) is 20.3 Å². The SMILES string of the molecule is CCCCN(CC)c1nc(NC)ncc1C. The molecule has 0 aromatic carbocycles. The number of nitrogens with zero attached hydrogens (tertiary/aromatic N) is 3. The number of aromatic nitrogens is 2. The number of hydrogen-bond acceptors (Lipinski definition) is 4. The van der Waals surface area contributed by atoms with Gasteiger partial charge in [-0.25, -0.2) is 4.98 Å². The summed E-state index contributed by atoms with van der Waals surface area (Å²) in [6.45, 7) is 8.48. The van der Waals surface area contributed by atoms with E-state index in [1.165, 1.54) is 12.8 Å². The first kappa shape index (κ1) is 12.7. The van der Waals surface area contributed by atoms with Gasteiger partial charge in [0.05, 0.1) is 0 Å². The summed E-state index contributed by atoms with van der Waals surface area (Å²) < 4.78 is 0. The van der Waals surface area contributed by atoms with E-state index in [-0.39, 0.29) is 0 Å². The molecule has 0 amide bonds. The molecule has 1 aromatic heterocycles. The molecule has 0 fully saturated rings. The lowest BCUT2D eigenvalue weighted by molar-refractivity contribution is 0.721. The van der Waals surface area contributed by atoms with E-state index in [4.69, 9.17) is 0 Å². The van der Waals surface area contributed by atoms with Crippen LogP contribution in [0.3, 0.4) is 0 Å². The largest absolute Gasteiger partial charge is 0.357 e. The van der Waals surface area contributed by atoms with Crippen LogP contribution in [0.2, 0.25) is 0 Å². The van der Waals surface area contributed by atoms with Gasteiger partial charge in [0, 0.05) is 31.9 Å². The average molecular weight is 222 g/mol. The molecule has 0 bridgehead atoms. The van der Waals surface area contributed by atoms with Gasteiger partial charge in [0.2, 0.25) is 5.95 Å². The molecule has 1 rings (SSSR count). The third-order valence-electron chi connectivity index (χ3n) is 2.63. The third kappa shape index (κ3) is 3.08. The molecular formula is C12H22N4. The van der Waals surface area contributed by atoms with Gasteiger partial charge < -0.3 is 10.2 Å². The second-order valence-corrected chi connectivity index (χ2v) is 3.88. The quantitative estimate of drug-likeness (QED) is 0.802. The summed E-state index contributed by atoms with van der Waals surface area (Å²) in [5, 5.41) is 2.98. The lowest BCUT2D eigenvalue weighted by Gasteiger charge is -2.23. The van der Waals surface area contributed by atoms with E-state index in [1.54, 1.807) is 0 Å². The number of aryl methyl sites for hydroxylation is 1. The van der Waals surface area contributed by atoms with Crippen LogP contribution in [0.4, 0.5) is 11.8 Å². The molecule has 0 aliphatic rings. The summed E-state index contributed by atoms with van der Waals surface area (Å²) in [5.74, 6) is 1.74. The van der Waals surface area contributed by atoms with Crippen LogP contribution in [0.25, 0.3) is 0 Å². The smallest absolute Gasteiger partial charge is 0.224 e. The first-order chi connectivity index (χ1) is 7.72. The molecule has 16 heavy (non-hydrogen) atoms. The fourth-order valence-corrected chi connectivity index (χ4v) is 1.64. The maximum absolute atomic E-state index is 4.52. The number of unbranched alkanes of at least 4 members (excludes halogenated alkanes) is 1. The third-order valence-corrected chi connectivity index (χ3v) is 2.63. The summed E-state index contributed by atoms with van der Waals surface area (Å²) in [6, 6.07) is 0. The van der Waals surface area contributed by atoms with Gasteiger partial charge in [0.15, 0.2) is 0 Å². The van der Waals surface area contributed by atoms with Gasteiger partial charge >= 0.3 is 0 Å². The summed E-state index contributed by atoms with van der Waals surface area (Å²) in [6.07, 6.45) is 4.29. The molecule has 90 valence electrons. The van der Waals surface area contributed by atoms with E-state index >= 15 is 0 Å². The summed E-state index contributed by atoms with van der Waals surface area (Å²) in [7, 11) is 1.84.